The maximum atomic E-state index is 14.4. The van der Waals surface area contributed by atoms with E-state index in [4.69, 9.17) is 10.00 Å². The van der Waals surface area contributed by atoms with E-state index in [9.17, 15) is 18.0 Å². The van der Waals surface area contributed by atoms with Crippen molar-refractivity contribution < 1.29 is 22.7 Å². The van der Waals surface area contributed by atoms with Gasteiger partial charge in [0.15, 0.2) is 6.61 Å². The quantitative estimate of drug-likeness (QED) is 0.280. The van der Waals surface area contributed by atoms with Crippen molar-refractivity contribution in [1.82, 2.24) is 4.98 Å². The molecule has 4 aromatic rings. The number of carbonyl (C=O) groups excluding carboxylic acids is 1. The van der Waals surface area contributed by atoms with E-state index in [-0.39, 0.29) is 5.69 Å². The van der Waals surface area contributed by atoms with Gasteiger partial charge in [0, 0.05) is 6.20 Å². The predicted molar refractivity (Wildman–Crippen MR) is 118 cm³/mol. The van der Waals surface area contributed by atoms with Gasteiger partial charge in [-0.15, -0.1) is 0 Å². The average molecular weight is 458 g/mol. The number of benzene rings is 3. The van der Waals surface area contributed by atoms with Crippen LogP contribution in [0.2, 0.25) is 0 Å². The van der Waals surface area contributed by atoms with E-state index in [1.165, 1.54) is 66.9 Å². The lowest BCUT2D eigenvalue weighted by Gasteiger charge is -2.36. The van der Waals surface area contributed by atoms with E-state index in [0.717, 1.165) is 0 Å². The van der Waals surface area contributed by atoms with Crippen molar-refractivity contribution in [1.29, 1.82) is 5.26 Å². The summed E-state index contributed by atoms with van der Waals surface area (Å²) in [6, 6.07) is 21.9. The molecule has 4 nitrogen and oxygen atoms in total. The van der Waals surface area contributed by atoms with E-state index < -0.39 is 35.4 Å². The standard InChI is InChI=1S/C27H17F3N2O2/c28-22-7-1-4-18(14-22)27(19-5-2-8-23(29)15-19,20-6-3-9-24(30)16-20)21-10-11-25(32-17-21)26(33)34-13-12-31/h1-11,14-17H,13H2. The Hall–Kier alpha value is -4.44. The molecule has 0 aliphatic carbocycles. The molecule has 0 aliphatic heterocycles. The lowest BCUT2D eigenvalue weighted by molar-refractivity contribution is 0.0548. The van der Waals surface area contributed by atoms with Crippen LogP contribution in [0.25, 0.3) is 0 Å². The molecular weight excluding hydrogens is 441 g/mol. The Bertz CT molecular complexity index is 1270. The minimum Gasteiger partial charge on any atom is -0.446 e. The Balaban J connectivity index is 2.03. The molecule has 0 amide bonds. The minimum atomic E-state index is -1.37. The lowest BCUT2D eigenvalue weighted by atomic mass is 9.65. The molecular formula is C27H17F3N2O2. The van der Waals surface area contributed by atoms with Crippen LogP contribution >= 0.6 is 0 Å². The molecule has 0 atom stereocenters. The number of hydrogen-bond acceptors (Lipinski definition) is 4. The van der Waals surface area contributed by atoms with Crippen LogP contribution in [-0.2, 0) is 10.2 Å². The zero-order chi connectivity index (χ0) is 24.1. The number of ether oxygens (including phenoxy) is 1. The minimum absolute atomic E-state index is 0.0503. The highest BCUT2D eigenvalue weighted by Crippen LogP contribution is 2.45. The number of nitriles is 1. The van der Waals surface area contributed by atoms with Gasteiger partial charge < -0.3 is 4.74 Å². The fraction of sp³-hybridized carbons (Fsp3) is 0.0741. The van der Waals surface area contributed by atoms with E-state index in [0.29, 0.717) is 22.3 Å². The smallest absolute Gasteiger partial charge is 0.357 e. The first-order valence-electron chi connectivity index (χ1n) is 10.2. The second kappa shape index (κ2) is 9.59. The third-order valence-electron chi connectivity index (χ3n) is 5.45. The van der Waals surface area contributed by atoms with Crippen LogP contribution in [0.5, 0.6) is 0 Å². The summed E-state index contributed by atoms with van der Waals surface area (Å²) in [5.74, 6) is -2.38. The van der Waals surface area contributed by atoms with Crippen molar-refractivity contribution >= 4 is 5.97 Å². The van der Waals surface area contributed by atoms with Crippen LogP contribution in [0.4, 0.5) is 13.2 Å². The van der Waals surface area contributed by atoms with E-state index >= 15 is 0 Å². The van der Waals surface area contributed by atoms with E-state index in [1.807, 2.05) is 0 Å². The molecule has 0 saturated heterocycles. The molecule has 0 fully saturated rings. The molecule has 0 unspecified atom stereocenters. The van der Waals surface area contributed by atoms with E-state index in [1.54, 1.807) is 30.3 Å². The number of aromatic nitrogens is 1. The third kappa shape index (κ3) is 4.26. The average Bonchev–Trinajstić information content (AvgIpc) is 2.84. The summed E-state index contributed by atoms with van der Waals surface area (Å²) in [4.78, 5) is 16.3. The molecule has 3 aromatic carbocycles. The summed E-state index contributed by atoms with van der Waals surface area (Å²) in [6.45, 7) is -0.428. The molecule has 1 aromatic heterocycles. The Labute approximate surface area is 193 Å². The first kappa shape index (κ1) is 22.7. The van der Waals surface area contributed by atoms with Gasteiger partial charge in [-0.2, -0.15) is 5.26 Å². The Morgan fingerprint density at radius 2 is 1.29 bits per heavy atom. The third-order valence-corrected chi connectivity index (χ3v) is 5.45. The number of hydrogen-bond donors (Lipinski definition) is 0. The van der Waals surface area contributed by atoms with Crippen LogP contribution in [0.1, 0.15) is 32.7 Å². The maximum Gasteiger partial charge on any atom is 0.357 e. The lowest BCUT2D eigenvalue weighted by Crippen LogP contribution is -2.32. The molecule has 34 heavy (non-hydrogen) atoms. The van der Waals surface area contributed by atoms with Gasteiger partial charge in [0.1, 0.15) is 29.2 Å². The Morgan fingerprint density at radius 3 is 1.68 bits per heavy atom. The first-order valence-corrected chi connectivity index (χ1v) is 10.2. The molecule has 168 valence electrons. The highest BCUT2D eigenvalue weighted by Gasteiger charge is 2.39. The number of esters is 1. The Kier molecular flexibility index (Phi) is 6.42. The highest BCUT2D eigenvalue weighted by atomic mass is 19.1. The number of halogens is 3. The normalized spacial score (nSPS) is 11.0. The molecule has 0 N–H and O–H groups in total. The Morgan fingerprint density at radius 1 is 0.794 bits per heavy atom. The number of rotatable bonds is 6. The van der Waals surface area contributed by atoms with Gasteiger partial charge in [0.25, 0.3) is 0 Å². The monoisotopic (exact) mass is 458 g/mol. The fourth-order valence-electron chi connectivity index (χ4n) is 4.07. The summed E-state index contributed by atoms with van der Waals surface area (Å²) >= 11 is 0. The summed E-state index contributed by atoms with van der Waals surface area (Å²) in [6.07, 6.45) is 1.38. The summed E-state index contributed by atoms with van der Waals surface area (Å²) in [5, 5.41) is 8.62. The van der Waals surface area contributed by atoms with Crippen molar-refractivity contribution in [3.05, 3.63) is 137 Å². The fourth-order valence-corrected chi connectivity index (χ4v) is 4.07. The van der Waals surface area contributed by atoms with Gasteiger partial charge in [-0.05, 0) is 64.7 Å². The van der Waals surface area contributed by atoms with Crippen LogP contribution in [0.15, 0.2) is 91.1 Å². The zero-order valence-electron chi connectivity index (χ0n) is 17.7. The van der Waals surface area contributed by atoms with Crippen LogP contribution in [0.3, 0.4) is 0 Å². The topological polar surface area (TPSA) is 63.0 Å². The second-order valence-electron chi connectivity index (χ2n) is 7.45. The van der Waals surface area contributed by atoms with Crippen LogP contribution in [-0.4, -0.2) is 17.6 Å². The SMILES string of the molecule is N#CCOC(=O)c1ccc(C(c2cccc(F)c2)(c2cccc(F)c2)c2cccc(F)c2)cn1. The largest absolute Gasteiger partial charge is 0.446 e. The molecule has 0 spiro atoms. The molecule has 7 heteroatoms. The summed E-state index contributed by atoms with van der Waals surface area (Å²) in [5.41, 5.74) is 0.242. The van der Waals surface area contributed by atoms with Crippen molar-refractivity contribution in [2.45, 2.75) is 5.41 Å². The van der Waals surface area contributed by atoms with Crippen molar-refractivity contribution in [3.63, 3.8) is 0 Å². The molecule has 0 radical (unpaired) electrons. The number of pyridine rings is 1. The van der Waals surface area contributed by atoms with Crippen molar-refractivity contribution in [2.75, 3.05) is 6.61 Å². The molecule has 1 heterocycles. The van der Waals surface area contributed by atoms with Gasteiger partial charge in [0.05, 0.1) is 5.41 Å². The number of nitrogens with zero attached hydrogens (tertiary/aromatic N) is 2. The molecule has 4 rings (SSSR count). The highest BCUT2D eigenvalue weighted by molar-refractivity contribution is 5.87. The number of carbonyl (C=O) groups is 1. The maximum absolute atomic E-state index is 14.4. The van der Waals surface area contributed by atoms with Gasteiger partial charge in [-0.3, -0.25) is 0 Å². The van der Waals surface area contributed by atoms with Crippen molar-refractivity contribution in [3.8, 4) is 6.07 Å². The van der Waals surface area contributed by atoms with Gasteiger partial charge in [-0.25, -0.2) is 22.9 Å². The first-order chi connectivity index (χ1) is 16.4. The van der Waals surface area contributed by atoms with Gasteiger partial charge >= 0.3 is 5.97 Å². The van der Waals surface area contributed by atoms with Gasteiger partial charge in [-0.1, -0.05) is 42.5 Å². The predicted octanol–water partition coefficient (Wildman–Crippen LogP) is 5.56. The molecule has 0 aliphatic rings. The zero-order valence-corrected chi connectivity index (χ0v) is 17.7. The molecule has 0 bridgehead atoms. The van der Waals surface area contributed by atoms with Crippen LogP contribution < -0.4 is 0 Å². The van der Waals surface area contributed by atoms with Crippen LogP contribution in [0, 0.1) is 28.8 Å². The van der Waals surface area contributed by atoms with Crippen molar-refractivity contribution in [2.24, 2.45) is 0 Å². The second-order valence-corrected chi connectivity index (χ2v) is 7.45. The summed E-state index contributed by atoms with van der Waals surface area (Å²) < 4.78 is 48.1. The van der Waals surface area contributed by atoms with E-state index in [2.05, 4.69) is 4.98 Å². The summed E-state index contributed by atoms with van der Waals surface area (Å²) in [7, 11) is 0. The van der Waals surface area contributed by atoms with Gasteiger partial charge in [0.2, 0.25) is 0 Å². The molecule has 0 saturated carbocycles.